The molecule has 118 valence electrons. The van der Waals surface area contributed by atoms with E-state index in [1.807, 2.05) is 0 Å². The van der Waals surface area contributed by atoms with Crippen molar-refractivity contribution in [3.8, 4) is 0 Å². The topological polar surface area (TPSA) is 228 Å². The summed E-state index contributed by atoms with van der Waals surface area (Å²) in [4.78, 5) is 46.0. The summed E-state index contributed by atoms with van der Waals surface area (Å²) in [6.45, 7) is -0.875. The Labute approximate surface area is 112 Å². The quantitative estimate of drug-likeness (QED) is 0.219. The molecule has 0 aromatic heterocycles. The van der Waals surface area contributed by atoms with Gasteiger partial charge in [0.1, 0.15) is 12.1 Å². The van der Waals surface area contributed by atoms with Crippen LogP contribution in [-0.4, -0.2) is 66.8 Å². The van der Waals surface area contributed by atoms with E-state index in [4.69, 9.17) is 35.9 Å². The highest BCUT2D eigenvalue weighted by atomic mass is 31.2. The molecule has 0 aliphatic carbocycles. The van der Waals surface area contributed by atoms with Gasteiger partial charge in [0.15, 0.2) is 0 Å². The van der Waals surface area contributed by atoms with Gasteiger partial charge in [-0.25, -0.2) is 9.65 Å². The molecule has 0 aliphatic rings. The molecule has 0 radical (unpaired) electrons. The van der Waals surface area contributed by atoms with Gasteiger partial charge < -0.3 is 35.9 Å². The van der Waals surface area contributed by atoms with Gasteiger partial charge in [0, 0.05) is 0 Å². The fourth-order valence-electron chi connectivity index (χ4n) is 0.653. The van der Waals surface area contributed by atoms with E-state index in [1.54, 1.807) is 0 Å². The van der Waals surface area contributed by atoms with Crippen molar-refractivity contribution in [1.82, 2.24) is 5.09 Å². The Hall–Kier alpha value is -1.56. The minimum Gasteiger partial charge on any atom is -0.481 e. The Kier molecular flexibility index (Phi) is 9.71. The molecule has 0 amide bonds. The Morgan fingerprint density at radius 2 is 1.55 bits per heavy atom. The Morgan fingerprint density at radius 1 is 1.10 bits per heavy atom. The van der Waals surface area contributed by atoms with Crippen LogP contribution in [0.5, 0.6) is 0 Å². The van der Waals surface area contributed by atoms with Gasteiger partial charge in [-0.1, -0.05) is 0 Å². The molecule has 0 bridgehead atoms. The first-order chi connectivity index (χ1) is 8.90. The summed E-state index contributed by atoms with van der Waals surface area (Å²) in [5.74, 6) is -4.02. The highest BCUT2D eigenvalue weighted by Gasteiger charge is 2.24. The van der Waals surface area contributed by atoms with Crippen molar-refractivity contribution in [3.63, 3.8) is 0 Å². The molecule has 0 unspecified atom stereocenters. The lowest BCUT2D eigenvalue weighted by molar-refractivity contribution is -0.144. The lowest BCUT2D eigenvalue weighted by Crippen LogP contribution is -2.37. The molecule has 0 fully saturated rings. The molecule has 0 aromatic carbocycles. The third-order valence-electron chi connectivity index (χ3n) is 1.52. The van der Waals surface area contributed by atoms with E-state index in [0.717, 1.165) is 0 Å². The molecule has 0 saturated carbocycles. The van der Waals surface area contributed by atoms with Crippen molar-refractivity contribution in [2.45, 2.75) is 18.5 Å². The SMILES string of the molecule is N[C@@H](CC(=O)O)C(=O)O.O=C(O)[C@H](CO)NP(=O)(O)O. The highest BCUT2D eigenvalue weighted by molar-refractivity contribution is 7.49. The van der Waals surface area contributed by atoms with Crippen LogP contribution in [0.3, 0.4) is 0 Å². The zero-order valence-corrected chi connectivity index (χ0v) is 10.8. The molecule has 2 atom stereocenters. The first kappa shape index (κ1) is 20.8. The average molecular weight is 318 g/mol. The van der Waals surface area contributed by atoms with Crippen LogP contribution < -0.4 is 10.8 Å². The molecule has 0 heterocycles. The number of nitrogens with one attached hydrogen (secondary N) is 1. The fraction of sp³-hybridized carbons (Fsp3) is 0.571. The summed E-state index contributed by atoms with van der Waals surface area (Å²) in [6.07, 6.45) is -0.532. The second-order valence-corrected chi connectivity index (χ2v) is 4.64. The largest absolute Gasteiger partial charge is 0.481 e. The average Bonchev–Trinajstić information content (AvgIpc) is 2.24. The highest BCUT2D eigenvalue weighted by Crippen LogP contribution is 2.28. The number of aliphatic hydroxyl groups is 1. The van der Waals surface area contributed by atoms with E-state index in [9.17, 15) is 18.9 Å². The monoisotopic (exact) mass is 318 g/mol. The Balaban J connectivity index is 0. The standard InChI is InChI=1S/C4H7NO4.C3H8NO6P/c5-2(4(8)9)1-3(6)7;5-1-2(3(6)7)4-11(8,9)10/h2H,1,5H2,(H,6,7)(H,8,9);2,5H,1H2,(H,6,7)(H3,4,8,9,10)/t2*2-/m00/s1. The van der Waals surface area contributed by atoms with Crippen molar-refractivity contribution in [2.75, 3.05) is 6.61 Å². The number of carbonyl (C=O) groups is 3. The zero-order valence-electron chi connectivity index (χ0n) is 9.91. The summed E-state index contributed by atoms with van der Waals surface area (Å²) < 4.78 is 10.1. The number of rotatable bonds is 7. The van der Waals surface area contributed by atoms with Gasteiger partial charge in [-0.2, -0.15) is 0 Å². The van der Waals surface area contributed by atoms with Crippen LogP contribution in [0, 0.1) is 0 Å². The third-order valence-corrected chi connectivity index (χ3v) is 2.16. The van der Waals surface area contributed by atoms with Crippen molar-refractivity contribution in [2.24, 2.45) is 5.73 Å². The van der Waals surface area contributed by atoms with Crippen LogP contribution in [0.25, 0.3) is 0 Å². The number of aliphatic hydroxyl groups excluding tert-OH is 1. The second kappa shape index (κ2) is 9.36. The maximum atomic E-state index is 10.1. The minimum absolute atomic E-state index is 0.532. The summed E-state index contributed by atoms with van der Waals surface area (Å²) >= 11 is 0. The van der Waals surface area contributed by atoms with Crippen LogP contribution in [0.1, 0.15) is 6.42 Å². The summed E-state index contributed by atoms with van der Waals surface area (Å²) in [7, 11) is -4.58. The maximum absolute atomic E-state index is 10.1. The molecule has 0 rings (SSSR count). The molecule has 0 saturated heterocycles. The fourth-order valence-corrected chi connectivity index (χ4v) is 1.25. The molecule has 20 heavy (non-hydrogen) atoms. The van der Waals surface area contributed by atoms with E-state index < -0.39 is 50.8 Å². The second-order valence-electron chi connectivity index (χ2n) is 3.29. The molecule has 0 spiro atoms. The van der Waals surface area contributed by atoms with Crippen LogP contribution >= 0.6 is 7.75 Å². The lowest BCUT2D eigenvalue weighted by Gasteiger charge is -2.11. The first-order valence-corrected chi connectivity index (χ1v) is 6.39. The van der Waals surface area contributed by atoms with Crippen LogP contribution in [0.2, 0.25) is 0 Å². The van der Waals surface area contributed by atoms with Crippen molar-refractivity contribution in [3.05, 3.63) is 0 Å². The number of aliphatic carboxylic acids is 3. The van der Waals surface area contributed by atoms with Gasteiger partial charge in [0.25, 0.3) is 0 Å². The van der Waals surface area contributed by atoms with Crippen LogP contribution in [-0.2, 0) is 18.9 Å². The lowest BCUT2D eigenvalue weighted by atomic mass is 10.2. The van der Waals surface area contributed by atoms with E-state index in [2.05, 4.69) is 0 Å². The molecule has 12 nitrogen and oxygen atoms in total. The number of nitrogens with two attached hydrogens (primary N) is 1. The van der Waals surface area contributed by atoms with Crippen LogP contribution in [0.4, 0.5) is 0 Å². The molecule has 13 heteroatoms. The van der Waals surface area contributed by atoms with Crippen LogP contribution in [0.15, 0.2) is 0 Å². The molecule has 0 aliphatic heterocycles. The van der Waals surface area contributed by atoms with Crippen molar-refractivity contribution in [1.29, 1.82) is 0 Å². The van der Waals surface area contributed by atoms with Crippen molar-refractivity contribution < 1.29 is 49.2 Å². The van der Waals surface area contributed by atoms with Gasteiger partial charge in [0.2, 0.25) is 0 Å². The van der Waals surface area contributed by atoms with Gasteiger partial charge >= 0.3 is 25.7 Å². The van der Waals surface area contributed by atoms with Gasteiger partial charge in [-0.05, 0) is 0 Å². The van der Waals surface area contributed by atoms with Gasteiger partial charge in [-0.15, -0.1) is 0 Å². The predicted octanol–water partition coefficient (Wildman–Crippen LogP) is -3.01. The van der Waals surface area contributed by atoms with E-state index in [1.165, 1.54) is 5.09 Å². The minimum atomic E-state index is -4.58. The number of carboxylic acid groups (broad SMARTS) is 3. The normalized spacial score (nSPS) is 13.6. The third kappa shape index (κ3) is 12.9. The number of hydrogen-bond donors (Lipinski definition) is 8. The number of hydrogen-bond acceptors (Lipinski definition) is 6. The van der Waals surface area contributed by atoms with E-state index >= 15 is 0 Å². The summed E-state index contributed by atoms with van der Waals surface area (Å²) in [6, 6.07) is -2.92. The Morgan fingerprint density at radius 3 is 1.65 bits per heavy atom. The van der Waals surface area contributed by atoms with Gasteiger partial charge in [0.05, 0.1) is 13.0 Å². The molecular formula is C7H15N2O10P. The molecule has 9 N–H and O–H groups in total. The van der Waals surface area contributed by atoms with E-state index in [-0.39, 0.29) is 0 Å². The van der Waals surface area contributed by atoms with Crippen molar-refractivity contribution >= 4 is 25.7 Å². The molecular weight excluding hydrogens is 303 g/mol. The summed E-state index contributed by atoms with van der Waals surface area (Å²) in [5, 5.41) is 33.9. The zero-order chi connectivity index (χ0) is 16.5. The smallest absolute Gasteiger partial charge is 0.401 e. The van der Waals surface area contributed by atoms with E-state index in [0.29, 0.717) is 0 Å². The Bertz CT molecular complexity index is 393. The molecule has 0 aromatic rings. The number of carboxylic acids is 3. The predicted molar refractivity (Wildman–Crippen MR) is 61.6 cm³/mol. The summed E-state index contributed by atoms with van der Waals surface area (Å²) in [5.41, 5.74) is 4.84. The van der Waals surface area contributed by atoms with Gasteiger partial charge in [-0.3, -0.25) is 14.4 Å². The maximum Gasteiger partial charge on any atom is 0.401 e. The first-order valence-electron chi connectivity index (χ1n) is 4.78.